The second-order valence-electron chi connectivity index (χ2n) is 5.64. The summed E-state index contributed by atoms with van der Waals surface area (Å²) < 4.78 is 19.0. The Morgan fingerprint density at radius 1 is 1.17 bits per heavy atom. The molecule has 0 aliphatic carbocycles. The lowest BCUT2D eigenvalue weighted by atomic mass is 9.93. The summed E-state index contributed by atoms with van der Waals surface area (Å²) in [6, 6.07) is 14.0. The summed E-state index contributed by atoms with van der Waals surface area (Å²) in [5, 5.41) is 0. The summed E-state index contributed by atoms with van der Waals surface area (Å²) in [4.78, 5) is 13.7. The molecule has 0 saturated carbocycles. The highest BCUT2D eigenvalue weighted by atomic mass is 19.1. The maximum Gasteiger partial charge on any atom is 0.235 e. The van der Waals surface area contributed by atoms with Gasteiger partial charge >= 0.3 is 0 Å². The number of para-hydroxylation sites is 1. The molecule has 0 bridgehead atoms. The summed E-state index contributed by atoms with van der Waals surface area (Å²) in [6.45, 7) is 1.45. The molecule has 1 heterocycles. The molecule has 3 rings (SSSR count). The molecule has 0 radical (unpaired) electrons. The smallest absolute Gasteiger partial charge is 0.235 e. The van der Waals surface area contributed by atoms with Gasteiger partial charge in [0.2, 0.25) is 5.91 Å². The zero-order valence-corrected chi connectivity index (χ0v) is 12.7. The van der Waals surface area contributed by atoms with E-state index < -0.39 is 0 Å². The minimum absolute atomic E-state index is 0.223. The fourth-order valence-corrected chi connectivity index (χ4v) is 2.93. The van der Waals surface area contributed by atoms with Gasteiger partial charge in [-0.15, -0.1) is 0 Å². The molecule has 2 aromatic carbocycles. The van der Waals surface area contributed by atoms with Crippen molar-refractivity contribution in [1.29, 1.82) is 0 Å². The van der Waals surface area contributed by atoms with Crippen LogP contribution in [0.25, 0.3) is 0 Å². The predicted octanol–water partition coefficient (Wildman–Crippen LogP) is 2.12. The van der Waals surface area contributed by atoms with Crippen LogP contribution in [0.15, 0.2) is 48.5 Å². The van der Waals surface area contributed by atoms with E-state index in [-0.39, 0.29) is 23.5 Å². The van der Waals surface area contributed by atoms with E-state index >= 15 is 0 Å². The number of primary amides is 1. The largest absolute Gasteiger partial charge is 0.489 e. The van der Waals surface area contributed by atoms with Crippen molar-refractivity contribution in [2.24, 2.45) is 5.73 Å². The summed E-state index contributed by atoms with van der Waals surface area (Å²) >= 11 is 0. The predicted molar refractivity (Wildman–Crippen MR) is 85.4 cm³/mol. The average Bonchev–Trinajstić information content (AvgIpc) is 2.56. The van der Waals surface area contributed by atoms with Crippen LogP contribution in [-0.2, 0) is 17.8 Å². The molecule has 0 spiro atoms. The molecule has 1 aliphatic rings. The third-order valence-electron chi connectivity index (χ3n) is 4.15. The number of benzene rings is 2. The molecule has 1 amide bonds. The highest BCUT2D eigenvalue weighted by Crippen LogP contribution is 2.23. The zero-order chi connectivity index (χ0) is 16.2. The van der Waals surface area contributed by atoms with Crippen LogP contribution in [0.4, 0.5) is 4.39 Å². The first-order chi connectivity index (χ1) is 11.1. The number of nitrogens with zero attached hydrogens (tertiary/aromatic N) is 1. The van der Waals surface area contributed by atoms with Crippen LogP contribution in [0.3, 0.4) is 0 Å². The van der Waals surface area contributed by atoms with E-state index in [0.29, 0.717) is 26.1 Å². The quantitative estimate of drug-likeness (QED) is 0.920. The van der Waals surface area contributed by atoms with Gasteiger partial charge in [0.05, 0.1) is 6.04 Å². The van der Waals surface area contributed by atoms with Gasteiger partial charge in [-0.3, -0.25) is 9.69 Å². The number of carbonyl (C=O) groups is 1. The fourth-order valence-electron chi connectivity index (χ4n) is 2.93. The second kappa shape index (κ2) is 6.79. The van der Waals surface area contributed by atoms with Crippen LogP contribution in [-0.4, -0.2) is 30.0 Å². The van der Waals surface area contributed by atoms with Gasteiger partial charge in [0.25, 0.3) is 0 Å². The highest BCUT2D eigenvalue weighted by Gasteiger charge is 2.29. The number of halogens is 1. The molecule has 1 aliphatic heterocycles. The Morgan fingerprint density at radius 3 is 2.61 bits per heavy atom. The lowest BCUT2D eigenvalue weighted by Crippen LogP contribution is -2.49. The normalized spacial score (nSPS) is 17.5. The van der Waals surface area contributed by atoms with E-state index in [1.54, 1.807) is 18.2 Å². The van der Waals surface area contributed by atoms with Gasteiger partial charge in [-0.25, -0.2) is 4.39 Å². The first-order valence-corrected chi connectivity index (χ1v) is 7.62. The van der Waals surface area contributed by atoms with E-state index in [9.17, 15) is 9.18 Å². The van der Waals surface area contributed by atoms with Crippen molar-refractivity contribution in [2.75, 3.05) is 13.2 Å². The molecule has 0 saturated heterocycles. The molecule has 1 atom stereocenters. The van der Waals surface area contributed by atoms with Crippen LogP contribution in [0.5, 0.6) is 5.75 Å². The number of rotatable bonds is 5. The van der Waals surface area contributed by atoms with Crippen LogP contribution in [0.1, 0.15) is 11.1 Å². The Kier molecular flexibility index (Phi) is 4.57. The van der Waals surface area contributed by atoms with Crippen LogP contribution in [0, 0.1) is 5.82 Å². The van der Waals surface area contributed by atoms with Crippen molar-refractivity contribution in [2.45, 2.75) is 19.0 Å². The van der Waals surface area contributed by atoms with Crippen LogP contribution in [0.2, 0.25) is 0 Å². The molecular weight excluding hydrogens is 295 g/mol. The first kappa shape index (κ1) is 15.5. The highest BCUT2D eigenvalue weighted by molar-refractivity contribution is 5.80. The fraction of sp³-hybridized carbons (Fsp3) is 0.278. The minimum atomic E-state index is -0.386. The minimum Gasteiger partial charge on any atom is -0.489 e. The molecule has 120 valence electrons. The van der Waals surface area contributed by atoms with Gasteiger partial charge in [0, 0.05) is 13.1 Å². The van der Waals surface area contributed by atoms with E-state index in [2.05, 4.69) is 6.07 Å². The maximum absolute atomic E-state index is 13.5. The Bertz CT molecular complexity index is 705. The summed E-state index contributed by atoms with van der Waals surface area (Å²) in [6.07, 6.45) is 0.602. The van der Waals surface area contributed by atoms with Crippen molar-refractivity contribution < 1.29 is 13.9 Å². The van der Waals surface area contributed by atoms with Crippen molar-refractivity contribution in [3.8, 4) is 5.75 Å². The number of ether oxygens (including phenoxy) is 1. The molecule has 0 fully saturated rings. The first-order valence-electron chi connectivity index (χ1n) is 7.62. The van der Waals surface area contributed by atoms with Gasteiger partial charge in [-0.05, 0) is 29.7 Å². The Morgan fingerprint density at radius 2 is 1.87 bits per heavy atom. The number of hydrogen-bond acceptors (Lipinski definition) is 3. The van der Waals surface area contributed by atoms with Gasteiger partial charge in [0.15, 0.2) is 11.6 Å². The van der Waals surface area contributed by atoms with Gasteiger partial charge in [0.1, 0.15) is 6.61 Å². The SMILES string of the molecule is NC(=O)[C@H]1Cc2ccccc2CN1CCOc1ccccc1F. The molecule has 0 aromatic heterocycles. The van der Waals surface area contributed by atoms with E-state index in [4.69, 9.17) is 10.5 Å². The Labute approximate surface area is 134 Å². The van der Waals surface area contributed by atoms with E-state index in [1.807, 2.05) is 23.1 Å². The molecule has 23 heavy (non-hydrogen) atoms. The van der Waals surface area contributed by atoms with Gasteiger partial charge in [-0.1, -0.05) is 36.4 Å². The average molecular weight is 314 g/mol. The summed E-state index contributed by atoms with van der Waals surface area (Å²) in [5.41, 5.74) is 7.89. The summed E-state index contributed by atoms with van der Waals surface area (Å²) in [5.74, 6) is -0.506. The van der Waals surface area contributed by atoms with E-state index in [0.717, 1.165) is 5.56 Å². The number of fused-ring (bicyclic) bond motifs is 1. The van der Waals surface area contributed by atoms with Crippen molar-refractivity contribution >= 4 is 5.91 Å². The third-order valence-corrected chi connectivity index (χ3v) is 4.15. The molecule has 2 aromatic rings. The Balaban J connectivity index is 1.66. The van der Waals surface area contributed by atoms with Crippen LogP contribution >= 0.6 is 0 Å². The van der Waals surface area contributed by atoms with Crippen molar-refractivity contribution in [3.63, 3.8) is 0 Å². The molecule has 0 unspecified atom stereocenters. The second-order valence-corrected chi connectivity index (χ2v) is 5.64. The molecule has 4 nitrogen and oxygen atoms in total. The lowest BCUT2D eigenvalue weighted by Gasteiger charge is -2.34. The maximum atomic E-state index is 13.5. The molecular formula is C18H19FN2O2. The number of nitrogens with two attached hydrogens (primary N) is 1. The van der Waals surface area contributed by atoms with Gasteiger partial charge in [-0.2, -0.15) is 0 Å². The zero-order valence-electron chi connectivity index (χ0n) is 12.7. The lowest BCUT2D eigenvalue weighted by molar-refractivity contribution is -0.124. The third kappa shape index (κ3) is 3.51. The molecule has 2 N–H and O–H groups in total. The molecule has 5 heteroatoms. The van der Waals surface area contributed by atoms with Crippen molar-refractivity contribution in [3.05, 3.63) is 65.5 Å². The standard InChI is InChI=1S/C18H19FN2O2/c19-15-7-3-4-8-17(15)23-10-9-21-12-14-6-2-1-5-13(14)11-16(21)18(20)22/h1-8,16H,9-12H2,(H2,20,22)/t16-/m1/s1. The number of hydrogen-bond donors (Lipinski definition) is 1. The van der Waals surface area contributed by atoms with Gasteiger partial charge < -0.3 is 10.5 Å². The number of carbonyl (C=O) groups excluding carboxylic acids is 1. The topological polar surface area (TPSA) is 55.6 Å². The van der Waals surface area contributed by atoms with E-state index in [1.165, 1.54) is 11.6 Å². The summed E-state index contributed by atoms with van der Waals surface area (Å²) in [7, 11) is 0. The van der Waals surface area contributed by atoms with Crippen LogP contribution < -0.4 is 10.5 Å². The van der Waals surface area contributed by atoms with Crippen molar-refractivity contribution in [1.82, 2.24) is 4.90 Å². The monoisotopic (exact) mass is 314 g/mol. The Hall–Kier alpha value is -2.40. The number of amides is 1.